The molecule has 1 aromatic carbocycles. The van der Waals surface area contributed by atoms with Crippen molar-refractivity contribution in [2.24, 2.45) is 0 Å². The lowest BCUT2D eigenvalue weighted by molar-refractivity contribution is 0.624. The third-order valence-corrected chi connectivity index (χ3v) is 4.37. The molecule has 0 aromatic heterocycles. The molecule has 1 nitrogen and oxygen atoms in total. The Morgan fingerprint density at radius 1 is 1.06 bits per heavy atom. The van der Waals surface area contributed by atoms with E-state index in [4.69, 9.17) is 0 Å². The summed E-state index contributed by atoms with van der Waals surface area (Å²) in [6.45, 7) is 13.2. The summed E-state index contributed by atoms with van der Waals surface area (Å²) in [6, 6.07) is 6.74. The lowest BCUT2D eigenvalue weighted by atomic mass is 9.68. The predicted molar refractivity (Wildman–Crippen MR) is 81.2 cm³/mol. The fourth-order valence-corrected chi connectivity index (χ4v) is 2.71. The summed E-state index contributed by atoms with van der Waals surface area (Å²) in [5.74, 6) is 0. The average molecular weight is 241 g/mol. The number of rotatable bonds is 1. The van der Waals surface area contributed by atoms with Gasteiger partial charge in [-0.2, -0.15) is 0 Å². The van der Waals surface area contributed by atoms with Gasteiger partial charge in [0.25, 0.3) is 0 Å². The van der Waals surface area contributed by atoms with E-state index < -0.39 is 0 Å². The van der Waals surface area contributed by atoms with Crippen LogP contribution in [0.15, 0.2) is 35.9 Å². The summed E-state index contributed by atoms with van der Waals surface area (Å²) in [7, 11) is 4.17. The maximum Gasteiger partial charge on any atom is 0.0364 e. The molecule has 0 saturated carbocycles. The van der Waals surface area contributed by atoms with Crippen molar-refractivity contribution in [2.75, 3.05) is 19.0 Å². The highest BCUT2D eigenvalue weighted by atomic mass is 15.1. The molecule has 18 heavy (non-hydrogen) atoms. The minimum Gasteiger partial charge on any atom is -0.378 e. The van der Waals surface area contributed by atoms with Crippen molar-refractivity contribution in [2.45, 2.75) is 33.1 Å². The third-order valence-electron chi connectivity index (χ3n) is 4.37. The van der Waals surface area contributed by atoms with Gasteiger partial charge in [0.2, 0.25) is 0 Å². The smallest absolute Gasteiger partial charge is 0.0364 e. The number of fused-ring (bicyclic) bond motifs is 1. The molecular weight excluding hydrogens is 218 g/mol. The first-order valence-corrected chi connectivity index (χ1v) is 6.46. The maximum atomic E-state index is 4.30. The molecule has 0 bridgehead atoms. The summed E-state index contributed by atoms with van der Waals surface area (Å²) in [6.07, 6.45) is 0. The van der Waals surface area contributed by atoms with Gasteiger partial charge in [0.05, 0.1) is 0 Å². The summed E-state index contributed by atoms with van der Waals surface area (Å²) in [5, 5.41) is 0. The van der Waals surface area contributed by atoms with Crippen molar-refractivity contribution in [3.63, 3.8) is 0 Å². The highest BCUT2D eigenvalue weighted by molar-refractivity contribution is 5.80. The van der Waals surface area contributed by atoms with E-state index in [0.29, 0.717) is 0 Å². The molecule has 0 fully saturated rings. The van der Waals surface area contributed by atoms with Crippen LogP contribution in [0, 0.1) is 0 Å². The minimum absolute atomic E-state index is 0.0188. The van der Waals surface area contributed by atoms with Gasteiger partial charge in [0, 0.05) is 25.2 Å². The topological polar surface area (TPSA) is 3.24 Å². The zero-order valence-electron chi connectivity index (χ0n) is 12.4. The zero-order chi connectivity index (χ0) is 13.7. The van der Waals surface area contributed by atoms with Crippen LogP contribution in [0.25, 0.3) is 5.57 Å². The van der Waals surface area contributed by atoms with Crippen molar-refractivity contribution >= 4 is 11.3 Å². The van der Waals surface area contributed by atoms with Gasteiger partial charge in [-0.3, -0.25) is 0 Å². The van der Waals surface area contributed by atoms with E-state index in [2.05, 4.69) is 71.5 Å². The third kappa shape index (κ3) is 1.69. The summed E-state index contributed by atoms with van der Waals surface area (Å²) in [5.41, 5.74) is 7.97. The van der Waals surface area contributed by atoms with E-state index in [1.165, 1.54) is 33.5 Å². The number of anilines is 1. The molecule has 0 N–H and O–H groups in total. The lowest BCUT2D eigenvalue weighted by Gasteiger charge is -2.37. The summed E-state index contributed by atoms with van der Waals surface area (Å²) < 4.78 is 0. The largest absolute Gasteiger partial charge is 0.378 e. The van der Waals surface area contributed by atoms with Gasteiger partial charge < -0.3 is 4.90 Å². The summed E-state index contributed by atoms with van der Waals surface area (Å²) >= 11 is 0. The first-order chi connectivity index (χ1) is 8.26. The molecule has 96 valence electrons. The molecule has 0 radical (unpaired) electrons. The van der Waals surface area contributed by atoms with Gasteiger partial charge in [0.15, 0.2) is 0 Å². The Kier molecular flexibility index (Phi) is 2.89. The number of hydrogen-bond donors (Lipinski definition) is 0. The molecule has 1 aliphatic carbocycles. The quantitative estimate of drug-likeness (QED) is 0.704. The highest BCUT2D eigenvalue weighted by Gasteiger charge is 2.33. The Labute approximate surface area is 111 Å². The van der Waals surface area contributed by atoms with Crippen molar-refractivity contribution in [3.8, 4) is 0 Å². The van der Waals surface area contributed by atoms with Crippen molar-refractivity contribution in [1.82, 2.24) is 0 Å². The van der Waals surface area contributed by atoms with E-state index in [0.717, 1.165) is 0 Å². The van der Waals surface area contributed by atoms with Crippen LogP contribution in [0.2, 0.25) is 0 Å². The molecule has 0 aliphatic heterocycles. The second-order valence-corrected chi connectivity index (χ2v) is 5.98. The second kappa shape index (κ2) is 4.01. The molecule has 0 unspecified atom stereocenters. The monoisotopic (exact) mass is 241 g/mol. The average Bonchev–Trinajstić information content (AvgIpc) is 2.33. The van der Waals surface area contributed by atoms with Crippen LogP contribution >= 0.6 is 0 Å². The number of allylic oxidation sites excluding steroid dienone is 3. The predicted octanol–water partition coefficient (Wildman–Crippen LogP) is 4.39. The Bertz CT molecular complexity index is 545. The van der Waals surface area contributed by atoms with E-state index >= 15 is 0 Å². The van der Waals surface area contributed by atoms with Gasteiger partial charge in [-0.1, -0.05) is 26.5 Å². The van der Waals surface area contributed by atoms with Crippen molar-refractivity contribution in [3.05, 3.63) is 47.1 Å². The SMILES string of the molecule is C=C1C(C)=C(C)c2ccc(N(C)C)cc2C1(C)C. The van der Waals surface area contributed by atoms with Crippen LogP contribution in [-0.2, 0) is 5.41 Å². The van der Waals surface area contributed by atoms with Crippen molar-refractivity contribution in [1.29, 1.82) is 0 Å². The van der Waals surface area contributed by atoms with Crippen LogP contribution in [0.5, 0.6) is 0 Å². The Balaban J connectivity index is 2.74. The van der Waals surface area contributed by atoms with Gasteiger partial charge in [-0.25, -0.2) is 0 Å². The molecule has 0 amide bonds. The van der Waals surface area contributed by atoms with Crippen LogP contribution < -0.4 is 4.90 Å². The minimum atomic E-state index is 0.0188. The standard InChI is InChI=1S/C17H23N/c1-11-12(2)15-9-8-14(18(6)7)10-16(15)17(4,5)13(11)3/h8-10H,3H2,1-2,4-7H3. The number of benzene rings is 1. The second-order valence-electron chi connectivity index (χ2n) is 5.98. The zero-order valence-corrected chi connectivity index (χ0v) is 12.4. The molecule has 1 heteroatoms. The fraction of sp³-hybridized carbons (Fsp3) is 0.412. The van der Waals surface area contributed by atoms with Crippen LogP contribution in [-0.4, -0.2) is 14.1 Å². The molecule has 1 aromatic rings. The first kappa shape index (κ1) is 12.9. The molecular formula is C17H23N. The van der Waals surface area contributed by atoms with Gasteiger partial charge in [-0.15, -0.1) is 0 Å². The Morgan fingerprint density at radius 3 is 2.22 bits per heavy atom. The summed E-state index contributed by atoms with van der Waals surface area (Å²) in [4.78, 5) is 2.15. The van der Waals surface area contributed by atoms with Gasteiger partial charge in [0.1, 0.15) is 0 Å². The van der Waals surface area contributed by atoms with E-state index in [1.807, 2.05) is 0 Å². The molecule has 0 heterocycles. The first-order valence-electron chi connectivity index (χ1n) is 6.46. The van der Waals surface area contributed by atoms with Crippen molar-refractivity contribution < 1.29 is 0 Å². The normalized spacial score (nSPS) is 17.8. The maximum absolute atomic E-state index is 4.30. The van der Waals surface area contributed by atoms with Crippen LogP contribution in [0.1, 0.15) is 38.8 Å². The van der Waals surface area contributed by atoms with E-state index in [1.54, 1.807) is 0 Å². The molecule has 0 atom stereocenters. The van der Waals surface area contributed by atoms with Crippen LogP contribution in [0.4, 0.5) is 5.69 Å². The molecule has 1 aliphatic rings. The highest BCUT2D eigenvalue weighted by Crippen LogP contribution is 2.46. The van der Waals surface area contributed by atoms with Gasteiger partial charge >= 0.3 is 0 Å². The molecule has 0 spiro atoms. The molecule has 0 saturated heterocycles. The van der Waals surface area contributed by atoms with E-state index in [9.17, 15) is 0 Å². The Hall–Kier alpha value is -1.50. The van der Waals surface area contributed by atoms with Gasteiger partial charge in [-0.05, 0) is 53.8 Å². The lowest BCUT2D eigenvalue weighted by Crippen LogP contribution is -2.26. The fourth-order valence-electron chi connectivity index (χ4n) is 2.71. The van der Waals surface area contributed by atoms with E-state index in [-0.39, 0.29) is 5.41 Å². The Morgan fingerprint density at radius 2 is 1.67 bits per heavy atom. The number of nitrogens with zero attached hydrogens (tertiary/aromatic N) is 1. The van der Waals surface area contributed by atoms with Crippen LogP contribution in [0.3, 0.4) is 0 Å². The molecule has 2 rings (SSSR count). The number of hydrogen-bond acceptors (Lipinski definition) is 1.